The number of sulfonamides is 1. The van der Waals surface area contributed by atoms with Crippen LogP contribution in [0.15, 0.2) is 83.8 Å². The van der Waals surface area contributed by atoms with Crippen LogP contribution in [0.2, 0.25) is 0 Å². The third kappa shape index (κ3) is 5.31. The van der Waals surface area contributed by atoms with Crippen molar-refractivity contribution in [3.8, 4) is 11.3 Å². The van der Waals surface area contributed by atoms with Crippen molar-refractivity contribution in [2.45, 2.75) is 31.2 Å². The minimum absolute atomic E-state index is 0.0699. The monoisotopic (exact) mass is 514 g/mol. The lowest BCUT2D eigenvalue weighted by molar-refractivity contribution is 0.0495. The third-order valence-electron chi connectivity index (χ3n) is 6.23. The number of ether oxygens (including phenoxy) is 1. The van der Waals surface area contributed by atoms with E-state index in [4.69, 9.17) is 4.74 Å². The zero-order valence-corrected chi connectivity index (χ0v) is 21.2. The van der Waals surface area contributed by atoms with E-state index in [9.17, 15) is 13.2 Å². The van der Waals surface area contributed by atoms with E-state index in [1.54, 1.807) is 0 Å². The number of carbonyl (C=O) groups is 1. The number of nitrogens with one attached hydrogen (secondary N) is 2. The second kappa shape index (κ2) is 10.0. The number of hydrogen-bond acceptors (Lipinski definition) is 7. The van der Waals surface area contributed by atoms with Gasteiger partial charge in [0.25, 0.3) is 10.0 Å². The Balaban J connectivity index is 1.67. The van der Waals surface area contributed by atoms with Gasteiger partial charge in [0.1, 0.15) is 5.82 Å². The Labute approximate surface area is 215 Å². The Morgan fingerprint density at radius 1 is 0.892 bits per heavy atom. The normalized spacial score (nSPS) is 17.0. The first-order valence-corrected chi connectivity index (χ1v) is 13.4. The largest absolute Gasteiger partial charge is 0.462 e. The molecule has 0 unspecified atom stereocenters. The second-order valence-electron chi connectivity index (χ2n) is 8.89. The molecule has 0 aliphatic carbocycles. The van der Waals surface area contributed by atoms with Crippen LogP contribution in [0, 0.1) is 13.8 Å². The molecule has 0 fully saturated rings. The van der Waals surface area contributed by atoms with Crippen molar-refractivity contribution >= 4 is 27.8 Å². The summed E-state index contributed by atoms with van der Waals surface area (Å²) in [6.45, 7) is 4.10. The molecule has 5 rings (SSSR count). The number of rotatable bonds is 2. The number of aryl methyl sites for hydroxylation is 2. The molecule has 1 aliphatic heterocycles. The molecule has 0 saturated carbocycles. The van der Waals surface area contributed by atoms with Crippen molar-refractivity contribution in [1.82, 2.24) is 9.97 Å². The molecule has 0 amide bonds. The van der Waals surface area contributed by atoms with Crippen LogP contribution in [-0.2, 0) is 14.8 Å². The van der Waals surface area contributed by atoms with Gasteiger partial charge in [-0.25, -0.2) is 22.9 Å². The summed E-state index contributed by atoms with van der Waals surface area (Å²) in [7, 11) is -4.09. The Kier molecular flexibility index (Phi) is 6.62. The molecule has 1 aromatic heterocycles. The minimum Gasteiger partial charge on any atom is -0.462 e. The fraction of sp³-hybridized carbons (Fsp3) is 0.179. The van der Waals surface area contributed by atoms with Crippen molar-refractivity contribution in [3.63, 3.8) is 0 Å². The highest BCUT2D eigenvalue weighted by molar-refractivity contribution is 7.92. The number of aromatic nitrogens is 2. The van der Waals surface area contributed by atoms with Gasteiger partial charge >= 0.3 is 5.97 Å². The molecular weight excluding hydrogens is 488 g/mol. The van der Waals surface area contributed by atoms with Gasteiger partial charge in [0.05, 0.1) is 28.8 Å². The zero-order chi connectivity index (χ0) is 26.0. The van der Waals surface area contributed by atoms with Crippen molar-refractivity contribution in [2.75, 3.05) is 16.6 Å². The smallest absolute Gasteiger partial charge is 0.338 e. The quantitative estimate of drug-likeness (QED) is 0.350. The molecule has 2 N–H and O–H groups in total. The van der Waals surface area contributed by atoms with Gasteiger partial charge < -0.3 is 10.1 Å². The lowest BCUT2D eigenvalue weighted by Crippen LogP contribution is -2.20. The highest BCUT2D eigenvalue weighted by Crippen LogP contribution is 2.31. The standard InChI is InChI=1S/C28H26N4O4S/c1-18-8-6-9-19(2)26(18)24-17-25-29-23(20-10-4-3-5-11-20)14-15-36-27(33)21-12-7-13-22(16-21)37(34,35)32-28(30-24)31-25/h3-13,16-17,23H,14-15H2,1-2H3,(H2,29,30,31,32)/t23-/m0/s1. The summed E-state index contributed by atoms with van der Waals surface area (Å²) in [5.74, 6) is -0.219. The number of carbonyl (C=O) groups excluding carboxylic acids is 1. The topological polar surface area (TPSA) is 110 Å². The first-order valence-electron chi connectivity index (χ1n) is 11.9. The second-order valence-corrected chi connectivity index (χ2v) is 10.6. The molecule has 3 aromatic carbocycles. The lowest BCUT2D eigenvalue weighted by Gasteiger charge is -2.21. The number of nitrogens with zero attached hydrogens (tertiary/aromatic N) is 2. The number of fused-ring (bicyclic) bond motifs is 4. The van der Waals surface area contributed by atoms with Gasteiger partial charge in [0.2, 0.25) is 5.95 Å². The van der Waals surface area contributed by atoms with E-state index in [1.165, 1.54) is 24.3 Å². The summed E-state index contributed by atoms with van der Waals surface area (Å²) < 4.78 is 34.5. The summed E-state index contributed by atoms with van der Waals surface area (Å²) in [4.78, 5) is 21.7. The molecule has 188 valence electrons. The summed E-state index contributed by atoms with van der Waals surface area (Å²) in [6.07, 6.45) is 0.471. The molecule has 4 bridgehead atoms. The number of hydrogen-bond donors (Lipinski definition) is 2. The van der Waals surface area contributed by atoms with Gasteiger partial charge in [-0.2, -0.15) is 4.98 Å². The average molecular weight is 515 g/mol. The molecule has 0 saturated heterocycles. The van der Waals surface area contributed by atoms with Crippen molar-refractivity contribution < 1.29 is 17.9 Å². The van der Waals surface area contributed by atoms with Crippen LogP contribution in [0.5, 0.6) is 0 Å². The van der Waals surface area contributed by atoms with E-state index in [2.05, 4.69) is 20.0 Å². The molecule has 0 radical (unpaired) electrons. The molecule has 37 heavy (non-hydrogen) atoms. The van der Waals surface area contributed by atoms with Crippen LogP contribution in [-0.4, -0.2) is 31.0 Å². The first-order chi connectivity index (χ1) is 17.8. The summed E-state index contributed by atoms with van der Waals surface area (Å²) in [5.41, 5.74) is 4.63. The van der Waals surface area contributed by atoms with Gasteiger partial charge in [0, 0.05) is 18.1 Å². The highest BCUT2D eigenvalue weighted by Gasteiger charge is 2.22. The zero-order valence-electron chi connectivity index (χ0n) is 20.4. The average Bonchev–Trinajstić information content (AvgIpc) is 2.88. The van der Waals surface area contributed by atoms with E-state index in [1.807, 2.05) is 68.4 Å². The highest BCUT2D eigenvalue weighted by atomic mass is 32.2. The fourth-order valence-electron chi connectivity index (χ4n) is 4.42. The number of anilines is 2. The predicted octanol–water partition coefficient (Wildman–Crippen LogP) is 5.27. The van der Waals surface area contributed by atoms with E-state index in [0.29, 0.717) is 17.9 Å². The summed E-state index contributed by atoms with van der Waals surface area (Å²) in [5, 5.41) is 3.41. The van der Waals surface area contributed by atoms with Crippen LogP contribution < -0.4 is 10.0 Å². The third-order valence-corrected chi connectivity index (χ3v) is 7.56. The van der Waals surface area contributed by atoms with Crippen molar-refractivity contribution in [1.29, 1.82) is 0 Å². The van der Waals surface area contributed by atoms with Crippen LogP contribution >= 0.6 is 0 Å². The van der Waals surface area contributed by atoms with E-state index < -0.39 is 16.0 Å². The van der Waals surface area contributed by atoms with Gasteiger partial charge in [-0.15, -0.1) is 0 Å². The van der Waals surface area contributed by atoms with Crippen LogP contribution in [0.1, 0.15) is 39.5 Å². The van der Waals surface area contributed by atoms with Crippen LogP contribution in [0.25, 0.3) is 11.3 Å². The minimum atomic E-state index is -4.09. The van der Waals surface area contributed by atoms with Crippen LogP contribution in [0.4, 0.5) is 11.8 Å². The molecule has 1 atom stereocenters. The molecule has 4 aromatic rings. The van der Waals surface area contributed by atoms with Crippen molar-refractivity contribution in [3.05, 3.63) is 101 Å². The number of esters is 1. The fourth-order valence-corrected chi connectivity index (χ4v) is 5.41. The molecule has 2 heterocycles. The Bertz CT molecular complexity index is 1550. The number of benzene rings is 3. The molecule has 1 aliphatic rings. The Morgan fingerprint density at radius 3 is 2.38 bits per heavy atom. The van der Waals surface area contributed by atoms with E-state index in [-0.39, 0.29) is 29.1 Å². The molecule has 0 spiro atoms. The van der Waals surface area contributed by atoms with Gasteiger partial charge in [-0.3, -0.25) is 0 Å². The maximum atomic E-state index is 13.3. The molecule has 8 nitrogen and oxygen atoms in total. The summed E-state index contributed by atoms with van der Waals surface area (Å²) >= 11 is 0. The maximum Gasteiger partial charge on any atom is 0.338 e. The first kappa shape index (κ1) is 24.5. The van der Waals surface area contributed by atoms with E-state index in [0.717, 1.165) is 22.3 Å². The van der Waals surface area contributed by atoms with Gasteiger partial charge in [-0.05, 0) is 48.7 Å². The summed E-state index contributed by atoms with van der Waals surface area (Å²) in [6, 6.07) is 23.0. The van der Waals surface area contributed by atoms with E-state index >= 15 is 0 Å². The van der Waals surface area contributed by atoms with Crippen LogP contribution in [0.3, 0.4) is 0 Å². The SMILES string of the molecule is Cc1cccc(C)c1-c1cc2nc(n1)NS(=O)(=O)c1cccc(c1)C(=O)OCC[C@@H](c1ccccc1)N2. The predicted molar refractivity (Wildman–Crippen MR) is 142 cm³/mol. The lowest BCUT2D eigenvalue weighted by atomic mass is 9.99. The van der Waals surface area contributed by atoms with Gasteiger partial charge in [0.15, 0.2) is 0 Å². The Hall–Kier alpha value is -4.24. The van der Waals surface area contributed by atoms with Crippen molar-refractivity contribution in [2.24, 2.45) is 0 Å². The molecular formula is C28H26N4O4S. The molecule has 9 heteroatoms. The van der Waals surface area contributed by atoms with Gasteiger partial charge in [-0.1, -0.05) is 54.6 Å². The maximum absolute atomic E-state index is 13.3. The number of cyclic esters (lactones) is 1. The Morgan fingerprint density at radius 2 is 1.62 bits per heavy atom.